The number of aliphatic hydroxyl groups is 1. The lowest BCUT2D eigenvalue weighted by molar-refractivity contribution is 0.0240. The number of aliphatic hydroxyl groups excluding tert-OH is 1. The molecule has 0 spiro atoms. The number of hydrogen-bond donors (Lipinski definition) is 2. The molecule has 1 aromatic carbocycles. The van der Waals surface area contributed by atoms with E-state index in [1.54, 1.807) is 41.4 Å². The summed E-state index contributed by atoms with van der Waals surface area (Å²) >= 11 is 0. The molecule has 2 amide bonds. The third kappa shape index (κ3) is 4.78. The van der Waals surface area contributed by atoms with E-state index in [-0.39, 0.29) is 24.4 Å². The Morgan fingerprint density at radius 1 is 1.15 bits per heavy atom. The maximum atomic E-state index is 12.9. The van der Waals surface area contributed by atoms with Crippen molar-refractivity contribution in [2.75, 3.05) is 11.9 Å². The van der Waals surface area contributed by atoms with Gasteiger partial charge < -0.3 is 19.1 Å². The molecule has 0 saturated heterocycles. The Kier molecular flexibility index (Phi) is 5.79. The van der Waals surface area contributed by atoms with Crippen LogP contribution in [0.4, 0.5) is 15.4 Å². The molecule has 2 aliphatic rings. The number of fused-ring (bicyclic) bond motifs is 2. The number of hydrogen-bond acceptors (Lipinski definition) is 9. The number of nitrogens with zero attached hydrogens (tertiary/aromatic N) is 5. The van der Waals surface area contributed by atoms with Crippen LogP contribution >= 0.6 is 0 Å². The first-order chi connectivity index (χ1) is 18.6. The number of carbonyl (C=O) groups excluding carboxylic acids is 2. The second kappa shape index (κ2) is 9.09. The minimum absolute atomic E-state index is 0.0119. The van der Waals surface area contributed by atoms with Crippen LogP contribution in [0.1, 0.15) is 50.6 Å². The van der Waals surface area contributed by atoms with Gasteiger partial charge in [-0.1, -0.05) is 5.16 Å². The van der Waals surface area contributed by atoms with E-state index in [1.807, 2.05) is 20.8 Å². The van der Waals surface area contributed by atoms with Crippen molar-refractivity contribution >= 4 is 28.8 Å². The van der Waals surface area contributed by atoms with Crippen LogP contribution in [0.2, 0.25) is 0 Å². The maximum Gasteiger partial charge on any atom is 0.410 e. The van der Waals surface area contributed by atoms with E-state index in [2.05, 4.69) is 20.4 Å². The second-order valence-electron chi connectivity index (χ2n) is 10.9. The Balaban J connectivity index is 1.16. The highest BCUT2D eigenvalue weighted by Gasteiger charge is 2.47. The molecule has 0 unspecified atom stereocenters. The standard InChI is InChI=1S/C27H28N6O6/c1-26(2,3)38-25(36)32-12-18-19(13-32)28-15-29-23(18)37-17-4-5-20-16(10-17)6-9-33(20)24(35)30-22-11-21(39-31-22)27(14-34)7-8-27/h4-6,9-11,15,34H,7-8,12-14H2,1-3H3,(H,30,31,35). The average molecular weight is 533 g/mol. The van der Waals surface area contributed by atoms with Gasteiger partial charge in [-0.05, 0) is 57.9 Å². The zero-order valence-electron chi connectivity index (χ0n) is 21.8. The highest BCUT2D eigenvalue weighted by Crippen LogP contribution is 2.48. The van der Waals surface area contributed by atoms with Gasteiger partial charge in [-0.2, -0.15) is 0 Å². The maximum absolute atomic E-state index is 12.9. The Morgan fingerprint density at radius 3 is 2.72 bits per heavy atom. The van der Waals surface area contributed by atoms with Gasteiger partial charge in [0.15, 0.2) is 5.82 Å². The Hall–Kier alpha value is -4.45. The Labute approximate surface area is 223 Å². The first kappa shape index (κ1) is 24.9. The monoisotopic (exact) mass is 532 g/mol. The van der Waals surface area contributed by atoms with E-state index in [4.69, 9.17) is 14.0 Å². The first-order valence-corrected chi connectivity index (χ1v) is 12.6. The van der Waals surface area contributed by atoms with E-state index in [0.717, 1.165) is 23.8 Å². The number of benzene rings is 1. The summed E-state index contributed by atoms with van der Waals surface area (Å²) in [4.78, 5) is 35.6. The van der Waals surface area contributed by atoms with E-state index >= 15 is 0 Å². The third-order valence-electron chi connectivity index (χ3n) is 6.86. The van der Waals surface area contributed by atoms with Gasteiger partial charge in [0.2, 0.25) is 5.88 Å². The Morgan fingerprint density at radius 2 is 1.97 bits per heavy atom. The summed E-state index contributed by atoms with van der Waals surface area (Å²) in [6.07, 6.45) is 4.31. The molecule has 1 aliphatic carbocycles. The summed E-state index contributed by atoms with van der Waals surface area (Å²) in [5.41, 5.74) is 1.13. The highest BCUT2D eigenvalue weighted by atomic mass is 16.6. The van der Waals surface area contributed by atoms with Gasteiger partial charge in [-0.3, -0.25) is 14.8 Å². The topological polar surface area (TPSA) is 145 Å². The normalized spacial score (nSPS) is 15.7. The van der Waals surface area contributed by atoms with Gasteiger partial charge in [0, 0.05) is 17.6 Å². The number of nitrogens with one attached hydrogen (secondary N) is 1. The fourth-order valence-electron chi connectivity index (χ4n) is 4.56. The molecule has 39 heavy (non-hydrogen) atoms. The fourth-order valence-corrected chi connectivity index (χ4v) is 4.56. The highest BCUT2D eigenvalue weighted by molar-refractivity contribution is 5.98. The minimum Gasteiger partial charge on any atom is -0.444 e. The van der Waals surface area contributed by atoms with Crippen molar-refractivity contribution in [3.63, 3.8) is 0 Å². The molecular weight excluding hydrogens is 504 g/mol. The van der Waals surface area contributed by atoms with Crippen LogP contribution in [-0.4, -0.2) is 54.0 Å². The molecule has 202 valence electrons. The van der Waals surface area contributed by atoms with Gasteiger partial charge in [0.1, 0.15) is 23.4 Å². The van der Waals surface area contributed by atoms with Crippen molar-refractivity contribution in [1.82, 2.24) is 24.6 Å². The van der Waals surface area contributed by atoms with Crippen molar-refractivity contribution in [3.8, 4) is 11.6 Å². The van der Waals surface area contributed by atoms with Crippen LogP contribution in [0, 0.1) is 0 Å². The largest absolute Gasteiger partial charge is 0.444 e. The lowest BCUT2D eigenvalue weighted by Gasteiger charge is -2.23. The zero-order valence-corrected chi connectivity index (χ0v) is 21.8. The summed E-state index contributed by atoms with van der Waals surface area (Å²) in [5.74, 6) is 1.75. The molecule has 4 heterocycles. The summed E-state index contributed by atoms with van der Waals surface area (Å²) in [7, 11) is 0. The summed E-state index contributed by atoms with van der Waals surface area (Å²) in [6.45, 7) is 6.05. The number of carbonyl (C=O) groups is 2. The van der Waals surface area contributed by atoms with E-state index < -0.39 is 17.7 Å². The number of aromatic nitrogens is 4. The third-order valence-corrected chi connectivity index (χ3v) is 6.86. The predicted octanol–water partition coefficient (Wildman–Crippen LogP) is 4.57. The first-order valence-electron chi connectivity index (χ1n) is 12.6. The lowest BCUT2D eigenvalue weighted by Crippen LogP contribution is -2.33. The van der Waals surface area contributed by atoms with Gasteiger partial charge in [0.05, 0.1) is 41.9 Å². The Bertz CT molecular complexity index is 1580. The van der Waals surface area contributed by atoms with Crippen LogP contribution in [-0.2, 0) is 23.2 Å². The van der Waals surface area contributed by atoms with Crippen LogP contribution in [0.15, 0.2) is 47.4 Å². The number of ether oxygens (including phenoxy) is 2. The smallest absolute Gasteiger partial charge is 0.410 e. The predicted molar refractivity (Wildman–Crippen MR) is 138 cm³/mol. The quantitative estimate of drug-likeness (QED) is 0.378. The van der Waals surface area contributed by atoms with Crippen molar-refractivity contribution in [2.24, 2.45) is 0 Å². The molecule has 1 fully saturated rings. The number of amides is 2. The van der Waals surface area contributed by atoms with Crippen molar-refractivity contribution in [3.05, 3.63) is 59.9 Å². The molecule has 6 rings (SSSR count). The van der Waals surface area contributed by atoms with Gasteiger partial charge in [0.25, 0.3) is 0 Å². The van der Waals surface area contributed by atoms with Crippen LogP contribution in [0.25, 0.3) is 10.9 Å². The van der Waals surface area contributed by atoms with Crippen LogP contribution < -0.4 is 10.1 Å². The SMILES string of the molecule is CC(C)(C)OC(=O)N1Cc2ncnc(Oc3ccc4c(ccn4C(=O)Nc4cc(C5(CO)CC5)on4)c3)c2C1. The average Bonchev–Trinajstić information content (AvgIpc) is 3.22. The number of rotatable bonds is 5. The van der Waals surface area contributed by atoms with E-state index in [9.17, 15) is 14.7 Å². The van der Waals surface area contributed by atoms with E-state index in [1.165, 1.54) is 10.9 Å². The molecule has 0 atom stereocenters. The molecule has 12 nitrogen and oxygen atoms in total. The molecule has 1 saturated carbocycles. The second-order valence-corrected chi connectivity index (χ2v) is 10.9. The summed E-state index contributed by atoms with van der Waals surface area (Å²) in [6, 6.07) is 8.38. The summed E-state index contributed by atoms with van der Waals surface area (Å²) in [5, 5.41) is 17.0. The van der Waals surface area contributed by atoms with Gasteiger partial charge in [-0.15, -0.1) is 0 Å². The van der Waals surface area contributed by atoms with Gasteiger partial charge >= 0.3 is 12.1 Å². The zero-order chi connectivity index (χ0) is 27.4. The molecule has 0 radical (unpaired) electrons. The molecular formula is C27H28N6O6. The van der Waals surface area contributed by atoms with Crippen molar-refractivity contribution < 1.29 is 28.7 Å². The van der Waals surface area contributed by atoms with E-state index in [0.29, 0.717) is 35.1 Å². The molecule has 3 aromatic heterocycles. The minimum atomic E-state index is -0.600. The molecule has 4 aromatic rings. The molecule has 12 heteroatoms. The van der Waals surface area contributed by atoms with Crippen molar-refractivity contribution in [1.29, 1.82) is 0 Å². The van der Waals surface area contributed by atoms with Crippen LogP contribution in [0.3, 0.4) is 0 Å². The molecule has 2 N–H and O–H groups in total. The molecule has 1 aliphatic heterocycles. The summed E-state index contributed by atoms with van der Waals surface area (Å²) < 4.78 is 18.4. The fraction of sp³-hybridized carbons (Fsp3) is 0.370. The van der Waals surface area contributed by atoms with Crippen molar-refractivity contribution in [2.45, 2.75) is 57.7 Å². The van der Waals surface area contributed by atoms with Gasteiger partial charge in [-0.25, -0.2) is 19.6 Å². The lowest BCUT2D eigenvalue weighted by atomic mass is 10.1. The van der Waals surface area contributed by atoms with Crippen LogP contribution in [0.5, 0.6) is 11.6 Å². The number of anilines is 1. The molecule has 0 bridgehead atoms.